The minimum atomic E-state index is 0.463. The quantitative estimate of drug-likeness (QED) is 0.735. The van der Waals surface area contributed by atoms with Crippen molar-refractivity contribution in [3.05, 3.63) is 0 Å². The average Bonchev–Trinajstić information content (AvgIpc) is 2.19. The van der Waals surface area contributed by atoms with Gasteiger partial charge in [0.05, 0.1) is 6.61 Å². The topological polar surface area (TPSA) is 21.3 Å². The number of hydrogen-bond donors (Lipinski definition) is 1. The summed E-state index contributed by atoms with van der Waals surface area (Å²) in [5.41, 5.74) is 0.463. The van der Waals surface area contributed by atoms with Crippen LogP contribution in [0.1, 0.15) is 46.0 Å². The van der Waals surface area contributed by atoms with Gasteiger partial charge in [0.25, 0.3) is 0 Å². The van der Waals surface area contributed by atoms with Crippen LogP contribution >= 0.6 is 0 Å². The fourth-order valence-corrected chi connectivity index (χ4v) is 2.63. The number of methoxy groups -OCH3 is 1. The molecule has 0 radical (unpaired) electrons. The van der Waals surface area contributed by atoms with E-state index in [0.717, 1.165) is 13.2 Å². The summed E-state index contributed by atoms with van der Waals surface area (Å²) in [5.74, 6) is 0. The summed E-state index contributed by atoms with van der Waals surface area (Å²) in [7, 11) is 1.80. The van der Waals surface area contributed by atoms with E-state index in [1.165, 1.54) is 32.1 Å². The van der Waals surface area contributed by atoms with E-state index in [4.69, 9.17) is 4.74 Å². The van der Waals surface area contributed by atoms with E-state index in [1.807, 2.05) is 0 Å². The molecule has 0 bridgehead atoms. The molecule has 2 nitrogen and oxygen atoms in total. The van der Waals surface area contributed by atoms with E-state index in [-0.39, 0.29) is 0 Å². The van der Waals surface area contributed by atoms with E-state index >= 15 is 0 Å². The molecule has 1 fully saturated rings. The van der Waals surface area contributed by atoms with Crippen molar-refractivity contribution in [1.82, 2.24) is 5.32 Å². The van der Waals surface area contributed by atoms with Gasteiger partial charge in [-0.1, -0.05) is 33.1 Å². The van der Waals surface area contributed by atoms with Gasteiger partial charge in [-0.2, -0.15) is 0 Å². The van der Waals surface area contributed by atoms with Crippen LogP contribution in [-0.2, 0) is 4.74 Å². The Balaban J connectivity index is 2.53. The molecule has 0 aromatic rings. The first kappa shape index (κ1) is 12.0. The highest BCUT2D eigenvalue weighted by molar-refractivity contribution is 4.89. The standard InChI is InChI=1S/C12H25NO/c1-4-13-11(10-14-3)12(2)8-6-5-7-9-12/h11,13H,4-10H2,1-3H3. The molecular weight excluding hydrogens is 174 g/mol. The lowest BCUT2D eigenvalue weighted by molar-refractivity contribution is 0.0702. The van der Waals surface area contributed by atoms with Crippen LogP contribution in [0.15, 0.2) is 0 Å². The van der Waals surface area contributed by atoms with Gasteiger partial charge in [-0.25, -0.2) is 0 Å². The van der Waals surface area contributed by atoms with Crippen LogP contribution in [0.25, 0.3) is 0 Å². The Morgan fingerprint density at radius 2 is 1.93 bits per heavy atom. The van der Waals surface area contributed by atoms with Gasteiger partial charge in [0, 0.05) is 13.2 Å². The predicted molar refractivity (Wildman–Crippen MR) is 60.5 cm³/mol. The lowest BCUT2D eigenvalue weighted by atomic mass is 9.70. The number of hydrogen-bond acceptors (Lipinski definition) is 2. The van der Waals surface area contributed by atoms with Crippen molar-refractivity contribution in [3.63, 3.8) is 0 Å². The van der Waals surface area contributed by atoms with Crippen LogP contribution in [0.3, 0.4) is 0 Å². The Morgan fingerprint density at radius 1 is 1.29 bits per heavy atom. The molecule has 1 aliphatic rings. The molecule has 1 saturated carbocycles. The molecule has 14 heavy (non-hydrogen) atoms. The summed E-state index contributed by atoms with van der Waals surface area (Å²) >= 11 is 0. The van der Waals surface area contributed by atoms with E-state index in [9.17, 15) is 0 Å². The van der Waals surface area contributed by atoms with Crippen LogP contribution < -0.4 is 5.32 Å². The molecule has 0 aromatic heterocycles. The van der Waals surface area contributed by atoms with Gasteiger partial charge in [0.2, 0.25) is 0 Å². The summed E-state index contributed by atoms with van der Waals surface area (Å²) in [6.07, 6.45) is 6.91. The summed E-state index contributed by atoms with van der Waals surface area (Å²) in [5, 5.41) is 3.57. The molecule has 0 aliphatic heterocycles. The van der Waals surface area contributed by atoms with Crippen LogP contribution in [0.5, 0.6) is 0 Å². The molecule has 0 saturated heterocycles. The Labute approximate surface area is 88.4 Å². The third kappa shape index (κ3) is 2.96. The second-order valence-electron chi connectivity index (χ2n) is 4.78. The summed E-state index contributed by atoms with van der Waals surface area (Å²) in [6.45, 7) is 6.49. The van der Waals surface area contributed by atoms with Gasteiger partial charge in [-0.05, 0) is 24.8 Å². The van der Waals surface area contributed by atoms with Crippen LogP contribution in [0, 0.1) is 5.41 Å². The van der Waals surface area contributed by atoms with Gasteiger partial charge >= 0.3 is 0 Å². The number of nitrogens with one attached hydrogen (secondary N) is 1. The second kappa shape index (κ2) is 5.72. The zero-order valence-corrected chi connectivity index (χ0v) is 9.94. The molecule has 1 aliphatic carbocycles. The summed E-state index contributed by atoms with van der Waals surface area (Å²) in [4.78, 5) is 0. The largest absolute Gasteiger partial charge is 0.383 e. The fourth-order valence-electron chi connectivity index (χ4n) is 2.63. The molecule has 84 valence electrons. The van der Waals surface area contributed by atoms with Gasteiger partial charge in [-0.3, -0.25) is 0 Å². The van der Waals surface area contributed by atoms with Crippen molar-refractivity contribution in [2.75, 3.05) is 20.3 Å². The predicted octanol–water partition coefficient (Wildman–Crippen LogP) is 2.58. The number of likely N-dealkylation sites (N-methyl/N-ethyl adjacent to an activating group) is 1. The van der Waals surface area contributed by atoms with E-state index in [1.54, 1.807) is 7.11 Å². The van der Waals surface area contributed by atoms with Gasteiger partial charge < -0.3 is 10.1 Å². The SMILES string of the molecule is CCNC(COC)C1(C)CCCCC1. The molecule has 1 N–H and O–H groups in total. The highest BCUT2D eigenvalue weighted by Crippen LogP contribution is 2.38. The van der Waals surface area contributed by atoms with Crippen molar-refractivity contribution in [2.45, 2.75) is 52.0 Å². The van der Waals surface area contributed by atoms with Crippen molar-refractivity contribution < 1.29 is 4.74 Å². The van der Waals surface area contributed by atoms with Crippen LogP contribution in [0.2, 0.25) is 0 Å². The highest BCUT2D eigenvalue weighted by atomic mass is 16.5. The molecule has 1 unspecified atom stereocenters. The van der Waals surface area contributed by atoms with E-state index in [0.29, 0.717) is 11.5 Å². The molecule has 0 heterocycles. The second-order valence-corrected chi connectivity index (χ2v) is 4.78. The van der Waals surface area contributed by atoms with Crippen LogP contribution in [0.4, 0.5) is 0 Å². The molecular formula is C12H25NO. The Morgan fingerprint density at radius 3 is 2.43 bits per heavy atom. The first-order valence-electron chi connectivity index (χ1n) is 5.95. The first-order chi connectivity index (χ1) is 6.73. The fraction of sp³-hybridized carbons (Fsp3) is 1.00. The van der Waals surface area contributed by atoms with E-state index in [2.05, 4.69) is 19.2 Å². The zero-order valence-electron chi connectivity index (χ0n) is 9.94. The zero-order chi connectivity index (χ0) is 10.4. The normalized spacial score (nSPS) is 23.4. The smallest absolute Gasteiger partial charge is 0.0621 e. The maximum atomic E-state index is 5.31. The highest BCUT2D eigenvalue weighted by Gasteiger charge is 2.34. The average molecular weight is 199 g/mol. The molecule has 0 aromatic carbocycles. The maximum absolute atomic E-state index is 5.31. The lowest BCUT2D eigenvalue weighted by Gasteiger charge is -2.41. The monoisotopic (exact) mass is 199 g/mol. The Kier molecular flexibility index (Phi) is 4.90. The number of rotatable bonds is 5. The number of ether oxygens (including phenoxy) is 1. The molecule has 0 spiro atoms. The Bertz CT molecular complexity index is 146. The minimum Gasteiger partial charge on any atom is -0.383 e. The third-order valence-electron chi connectivity index (χ3n) is 3.62. The summed E-state index contributed by atoms with van der Waals surface area (Å²) < 4.78 is 5.31. The van der Waals surface area contributed by atoms with Gasteiger partial charge in [0.15, 0.2) is 0 Å². The molecule has 1 atom stereocenters. The molecule has 1 rings (SSSR count). The Hall–Kier alpha value is -0.0800. The lowest BCUT2D eigenvalue weighted by Crippen LogP contribution is -2.47. The van der Waals surface area contributed by atoms with Gasteiger partial charge in [0.1, 0.15) is 0 Å². The van der Waals surface area contributed by atoms with Crippen molar-refractivity contribution >= 4 is 0 Å². The van der Waals surface area contributed by atoms with Crippen molar-refractivity contribution in [3.8, 4) is 0 Å². The van der Waals surface area contributed by atoms with Gasteiger partial charge in [-0.15, -0.1) is 0 Å². The minimum absolute atomic E-state index is 0.463. The molecule has 0 amide bonds. The molecule has 2 heteroatoms. The van der Waals surface area contributed by atoms with Crippen molar-refractivity contribution in [1.29, 1.82) is 0 Å². The van der Waals surface area contributed by atoms with Crippen molar-refractivity contribution in [2.24, 2.45) is 5.41 Å². The first-order valence-corrected chi connectivity index (χ1v) is 5.95. The third-order valence-corrected chi connectivity index (χ3v) is 3.62. The summed E-state index contributed by atoms with van der Waals surface area (Å²) in [6, 6.07) is 0.540. The van der Waals surface area contributed by atoms with Crippen LogP contribution in [-0.4, -0.2) is 26.3 Å². The maximum Gasteiger partial charge on any atom is 0.0621 e. The van der Waals surface area contributed by atoms with E-state index < -0.39 is 0 Å².